The third kappa shape index (κ3) is 4.24. The van der Waals surface area contributed by atoms with Crippen molar-refractivity contribution in [1.29, 1.82) is 0 Å². The second-order valence-corrected chi connectivity index (χ2v) is 10.6. The largest absolute Gasteiger partial charge is 0.418 e. The Balaban J connectivity index is 1.30. The molecule has 5 heterocycles. The van der Waals surface area contributed by atoms with Crippen molar-refractivity contribution < 1.29 is 18.0 Å². The highest BCUT2D eigenvalue weighted by atomic mass is 19.4. The monoisotopic (exact) mass is 516 g/mol. The van der Waals surface area contributed by atoms with E-state index in [4.69, 9.17) is 4.98 Å². The van der Waals surface area contributed by atoms with Gasteiger partial charge < -0.3 is 25.3 Å². The summed E-state index contributed by atoms with van der Waals surface area (Å²) in [5.41, 5.74) is -0.410. The first-order valence-corrected chi connectivity index (χ1v) is 13.0. The maximum atomic E-state index is 14.0. The molecule has 37 heavy (non-hydrogen) atoms. The molecule has 2 N–H and O–H groups in total. The second-order valence-electron chi connectivity index (χ2n) is 10.6. The third-order valence-electron chi connectivity index (χ3n) is 8.22. The number of fused-ring (bicyclic) bond motifs is 1. The summed E-state index contributed by atoms with van der Waals surface area (Å²) in [6.45, 7) is 3.02. The number of amides is 1. The van der Waals surface area contributed by atoms with E-state index in [1.807, 2.05) is 7.05 Å². The van der Waals surface area contributed by atoms with Crippen LogP contribution in [0.4, 0.5) is 36.4 Å². The number of hydrogen-bond acceptors (Lipinski definition) is 8. The Bertz CT molecular complexity index is 1190. The molecule has 1 saturated carbocycles. The van der Waals surface area contributed by atoms with E-state index in [9.17, 15) is 18.0 Å². The number of nitrogens with one attached hydrogen (secondary N) is 2. The van der Waals surface area contributed by atoms with Crippen molar-refractivity contribution in [3.05, 3.63) is 29.6 Å². The lowest BCUT2D eigenvalue weighted by atomic mass is 9.91. The number of alkyl halides is 3. The van der Waals surface area contributed by atoms with Crippen LogP contribution >= 0.6 is 0 Å². The quantitative estimate of drug-likeness (QED) is 0.642. The predicted molar refractivity (Wildman–Crippen MR) is 133 cm³/mol. The summed E-state index contributed by atoms with van der Waals surface area (Å²) < 4.78 is 42.1. The Labute approximate surface area is 213 Å². The Hall–Kier alpha value is -3.15. The SMILES string of the molecule is CN1CCN(c2cnc(Nc3ncc4c(n3)N(C3CCCC3)C3(CCNC3=O)C4)cc2C(F)(F)F)CC1. The van der Waals surface area contributed by atoms with Gasteiger partial charge in [-0.05, 0) is 32.4 Å². The number of hydrogen-bond donors (Lipinski definition) is 2. The molecule has 1 amide bonds. The lowest BCUT2D eigenvalue weighted by Gasteiger charge is -2.38. The van der Waals surface area contributed by atoms with E-state index in [-0.39, 0.29) is 29.4 Å². The van der Waals surface area contributed by atoms with Gasteiger partial charge in [-0.1, -0.05) is 12.8 Å². The van der Waals surface area contributed by atoms with Crippen LogP contribution in [0.3, 0.4) is 0 Å². The molecular formula is C25H31F3N8O. The van der Waals surface area contributed by atoms with Crippen molar-refractivity contribution in [2.75, 3.05) is 54.9 Å². The van der Waals surface area contributed by atoms with Crippen molar-refractivity contribution >= 4 is 29.2 Å². The van der Waals surface area contributed by atoms with Crippen LogP contribution in [0.25, 0.3) is 0 Å². The van der Waals surface area contributed by atoms with E-state index < -0.39 is 17.3 Å². The molecule has 3 fully saturated rings. The van der Waals surface area contributed by atoms with Gasteiger partial charge in [0, 0.05) is 56.9 Å². The second kappa shape index (κ2) is 9.00. The van der Waals surface area contributed by atoms with Crippen molar-refractivity contribution in [3.8, 4) is 0 Å². The zero-order valence-corrected chi connectivity index (χ0v) is 20.8. The standard InChI is InChI=1S/C25H31F3N8O/c1-34-8-10-35(11-9-34)19-15-30-20(12-18(19)25(26,27)28)32-23-31-14-16-13-24(6-7-29-22(24)37)36(21(16)33-23)17-4-2-3-5-17/h12,14-15,17H,2-11,13H2,1H3,(H,29,37)(H,30,31,32,33). The Morgan fingerprint density at radius 3 is 2.54 bits per heavy atom. The van der Waals surface area contributed by atoms with Crippen molar-refractivity contribution in [2.24, 2.45) is 0 Å². The van der Waals surface area contributed by atoms with Gasteiger partial charge in [0.05, 0.1) is 17.4 Å². The fraction of sp³-hybridized carbons (Fsp3) is 0.600. The number of aromatic nitrogens is 3. The summed E-state index contributed by atoms with van der Waals surface area (Å²) in [6, 6.07) is 1.25. The van der Waals surface area contributed by atoms with Gasteiger partial charge in [-0.2, -0.15) is 18.2 Å². The summed E-state index contributed by atoms with van der Waals surface area (Å²) in [5.74, 6) is 0.920. The molecule has 2 aromatic rings. The van der Waals surface area contributed by atoms with Crippen LogP contribution in [0.15, 0.2) is 18.5 Å². The number of halogens is 3. The molecule has 0 bridgehead atoms. The predicted octanol–water partition coefficient (Wildman–Crippen LogP) is 2.95. The number of rotatable bonds is 4. The summed E-state index contributed by atoms with van der Waals surface area (Å²) in [4.78, 5) is 32.4. The first kappa shape index (κ1) is 24.2. The van der Waals surface area contributed by atoms with Crippen molar-refractivity contribution in [3.63, 3.8) is 0 Å². The molecule has 0 aromatic carbocycles. The average Bonchev–Trinajstić information content (AvgIpc) is 3.59. The molecule has 1 unspecified atom stereocenters. The van der Waals surface area contributed by atoms with Gasteiger partial charge in [-0.25, -0.2) is 9.97 Å². The normalized spacial score (nSPS) is 24.7. The highest BCUT2D eigenvalue weighted by molar-refractivity contribution is 5.94. The van der Waals surface area contributed by atoms with Crippen LogP contribution in [-0.2, 0) is 17.4 Å². The molecule has 1 spiro atoms. The van der Waals surface area contributed by atoms with Crippen molar-refractivity contribution in [1.82, 2.24) is 25.2 Å². The van der Waals surface area contributed by atoms with Gasteiger partial charge in [0.15, 0.2) is 0 Å². The highest BCUT2D eigenvalue weighted by Gasteiger charge is 2.55. The molecule has 1 atom stereocenters. The van der Waals surface area contributed by atoms with Crippen LogP contribution in [0, 0.1) is 0 Å². The molecule has 3 aliphatic heterocycles. The maximum Gasteiger partial charge on any atom is 0.418 e. The molecule has 2 saturated heterocycles. The zero-order valence-electron chi connectivity index (χ0n) is 20.8. The lowest BCUT2D eigenvalue weighted by Crippen LogP contribution is -2.56. The lowest BCUT2D eigenvalue weighted by molar-refractivity contribution is -0.137. The number of pyridine rings is 1. The van der Waals surface area contributed by atoms with Crippen LogP contribution < -0.4 is 20.4 Å². The van der Waals surface area contributed by atoms with Gasteiger partial charge >= 0.3 is 6.18 Å². The smallest absolute Gasteiger partial charge is 0.367 e. The van der Waals surface area contributed by atoms with Gasteiger partial charge in [0.2, 0.25) is 11.9 Å². The first-order chi connectivity index (χ1) is 17.7. The Morgan fingerprint density at radius 1 is 1.11 bits per heavy atom. The van der Waals surface area contributed by atoms with Gasteiger partial charge in [0.1, 0.15) is 17.2 Å². The van der Waals surface area contributed by atoms with E-state index in [0.717, 1.165) is 37.3 Å². The molecule has 9 nitrogen and oxygen atoms in total. The maximum absolute atomic E-state index is 14.0. The third-order valence-corrected chi connectivity index (χ3v) is 8.22. The number of piperazine rings is 1. The Morgan fingerprint density at radius 2 is 1.86 bits per heavy atom. The number of anilines is 4. The van der Waals surface area contributed by atoms with E-state index in [1.165, 1.54) is 6.20 Å². The minimum atomic E-state index is -4.53. The minimum Gasteiger partial charge on any atom is -0.367 e. The minimum absolute atomic E-state index is 0.0166. The van der Waals surface area contributed by atoms with E-state index in [0.29, 0.717) is 51.4 Å². The number of nitrogens with zero attached hydrogens (tertiary/aromatic N) is 6. The number of carbonyl (C=O) groups excluding carboxylic acids is 1. The molecule has 198 valence electrons. The topological polar surface area (TPSA) is 89.5 Å². The fourth-order valence-electron chi connectivity index (χ4n) is 6.30. The van der Waals surface area contributed by atoms with Gasteiger partial charge in [-0.3, -0.25) is 4.79 Å². The van der Waals surface area contributed by atoms with E-state index in [2.05, 4.69) is 30.4 Å². The molecular weight excluding hydrogens is 485 g/mol. The van der Waals surface area contributed by atoms with E-state index >= 15 is 0 Å². The molecule has 12 heteroatoms. The summed E-state index contributed by atoms with van der Waals surface area (Å²) in [5, 5.41) is 5.88. The molecule has 2 aromatic heterocycles. The highest BCUT2D eigenvalue weighted by Crippen LogP contribution is 2.46. The van der Waals surface area contributed by atoms with Crippen LogP contribution in [0.1, 0.15) is 43.2 Å². The van der Waals surface area contributed by atoms with Gasteiger partial charge in [0.25, 0.3) is 0 Å². The number of likely N-dealkylation sites (N-methyl/N-ethyl adjacent to an activating group) is 1. The first-order valence-electron chi connectivity index (χ1n) is 13.0. The zero-order chi connectivity index (χ0) is 25.8. The molecule has 0 radical (unpaired) electrons. The summed E-state index contributed by atoms with van der Waals surface area (Å²) in [6.07, 6.45) is 3.88. The van der Waals surface area contributed by atoms with E-state index in [1.54, 1.807) is 11.1 Å². The average molecular weight is 517 g/mol. The molecule has 4 aliphatic rings. The van der Waals surface area contributed by atoms with Crippen LogP contribution in [0.5, 0.6) is 0 Å². The van der Waals surface area contributed by atoms with Gasteiger partial charge in [-0.15, -0.1) is 0 Å². The molecule has 6 rings (SSSR count). The number of carbonyl (C=O) groups is 1. The summed E-state index contributed by atoms with van der Waals surface area (Å²) >= 11 is 0. The van der Waals surface area contributed by atoms with Crippen LogP contribution in [-0.4, -0.2) is 77.1 Å². The Kier molecular flexibility index (Phi) is 5.89. The fourth-order valence-corrected chi connectivity index (χ4v) is 6.30. The summed E-state index contributed by atoms with van der Waals surface area (Å²) in [7, 11) is 1.96. The molecule has 1 aliphatic carbocycles. The van der Waals surface area contributed by atoms with Crippen molar-refractivity contribution in [2.45, 2.75) is 56.3 Å². The van der Waals surface area contributed by atoms with Crippen LogP contribution in [0.2, 0.25) is 0 Å².